The summed E-state index contributed by atoms with van der Waals surface area (Å²) >= 11 is 5.97. The number of benzene rings is 1. The Morgan fingerprint density at radius 1 is 1.67 bits per heavy atom. The van der Waals surface area contributed by atoms with E-state index in [2.05, 4.69) is 5.32 Å². The molecule has 1 aliphatic heterocycles. The number of carboxylic acid groups (broad SMARTS) is 1. The highest BCUT2D eigenvalue weighted by Gasteiger charge is 2.30. The summed E-state index contributed by atoms with van der Waals surface area (Å²) in [6.07, 6.45) is 0.601. The molecule has 5 heteroatoms. The smallest absolute Gasteiger partial charge is 0.322 e. The lowest BCUT2D eigenvalue weighted by Gasteiger charge is -2.15. The highest BCUT2D eigenvalue weighted by Crippen LogP contribution is 2.33. The normalized spacial score (nSPS) is 20.5. The fourth-order valence-corrected chi connectivity index (χ4v) is 2.01. The molecule has 4 nitrogen and oxygen atoms in total. The number of anilines is 1. The van der Waals surface area contributed by atoms with Crippen LogP contribution in [0.4, 0.5) is 5.69 Å². The number of carbonyl (C=O) groups is 1. The molecule has 4 N–H and O–H groups in total. The number of fused-ring (bicyclic) bond motifs is 1. The molecule has 0 saturated heterocycles. The summed E-state index contributed by atoms with van der Waals surface area (Å²) in [6, 6.07) is 4.34. The summed E-state index contributed by atoms with van der Waals surface area (Å²) in [7, 11) is 0. The Bertz CT molecular complexity index is 408. The fourth-order valence-electron chi connectivity index (χ4n) is 1.76. The number of hydrogen-bond acceptors (Lipinski definition) is 3. The Labute approximate surface area is 92.0 Å². The molecule has 0 saturated carbocycles. The Balaban J connectivity index is 2.23. The molecule has 0 bridgehead atoms. The van der Waals surface area contributed by atoms with Gasteiger partial charge in [0.15, 0.2) is 0 Å². The molecule has 2 atom stereocenters. The standard InChI is InChI=1S/C10H11ClN2O2/c11-6-3-1-2-5-4-7(13-9(5)6)8(12)10(14)15/h1-3,7-8,13H,4,12H2,(H,14,15). The SMILES string of the molecule is NC(C(=O)O)C1Cc2cccc(Cl)c2N1. The van der Waals surface area contributed by atoms with Crippen LogP contribution in [0.3, 0.4) is 0 Å². The largest absolute Gasteiger partial charge is 0.480 e. The lowest BCUT2D eigenvalue weighted by atomic mass is 10.0. The van der Waals surface area contributed by atoms with Crippen molar-refractivity contribution in [3.8, 4) is 0 Å². The first-order valence-corrected chi connectivity index (χ1v) is 4.99. The topological polar surface area (TPSA) is 75.4 Å². The molecule has 15 heavy (non-hydrogen) atoms. The summed E-state index contributed by atoms with van der Waals surface area (Å²) in [5, 5.41) is 12.4. The van der Waals surface area contributed by atoms with E-state index in [-0.39, 0.29) is 6.04 Å². The van der Waals surface area contributed by atoms with Gasteiger partial charge in [0.25, 0.3) is 0 Å². The van der Waals surface area contributed by atoms with Gasteiger partial charge in [-0.25, -0.2) is 0 Å². The van der Waals surface area contributed by atoms with Crippen molar-refractivity contribution in [1.82, 2.24) is 0 Å². The first kappa shape index (κ1) is 10.3. The molecule has 1 heterocycles. The molecule has 1 aromatic rings. The van der Waals surface area contributed by atoms with Gasteiger partial charge in [0.05, 0.1) is 16.8 Å². The van der Waals surface area contributed by atoms with E-state index in [1.165, 1.54) is 0 Å². The lowest BCUT2D eigenvalue weighted by molar-refractivity contribution is -0.138. The Hall–Kier alpha value is -1.26. The van der Waals surface area contributed by atoms with Gasteiger partial charge in [-0.3, -0.25) is 4.79 Å². The van der Waals surface area contributed by atoms with Crippen molar-refractivity contribution in [2.45, 2.75) is 18.5 Å². The number of aliphatic carboxylic acids is 1. The van der Waals surface area contributed by atoms with E-state index in [9.17, 15) is 4.79 Å². The lowest BCUT2D eigenvalue weighted by Crippen LogP contribution is -2.45. The number of hydrogen-bond donors (Lipinski definition) is 3. The van der Waals surface area contributed by atoms with Crippen molar-refractivity contribution in [2.75, 3.05) is 5.32 Å². The number of nitrogens with one attached hydrogen (secondary N) is 1. The van der Waals surface area contributed by atoms with Gasteiger partial charge in [0.1, 0.15) is 6.04 Å². The van der Waals surface area contributed by atoms with E-state index in [0.717, 1.165) is 11.3 Å². The van der Waals surface area contributed by atoms with Gasteiger partial charge >= 0.3 is 5.97 Å². The third kappa shape index (κ3) is 1.78. The molecular weight excluding hydrogens is 216 g/mol. The van der Waals surface area contributed by atoms with Crippen LogP contribution >= 0.6 is 11.6 Å². The molecule has 2 rings (SSSR count). The van der Waals surface area contributed by atoms with Gasteiger partial charge in [0, 0.05) is 0 Å². The maximum atomic E-state index is 10.7. The van der Waals surface area contributed by atoms with Gasteiger partial charge < -0.3 is 16.2 Å². The highest BCUT2D eigenvalue weighted by atomic mass is 35.5. The predicted octanol–water partition coefficient (Wildman–Crippen LogP) is 1.09. The van der Waals surface area contributed by atoms with Crippen LogP contribution in [0, 0.1) is 0 Å². The summed E-state index contributed by atoms with van der Waals surface area (Å²) < 4.78 is 0. The van der Waals surface area contributed by atoms with Gasteiger partial charge in [0.2, 0.25) is 0 Å². The molecule has 0 radical (unpaired) electrons. The highest BCUT2D eigenvalue weighted by molar-refractivity contribution is 6.33. The third-order valence-electron chi connectivity index (χ3n) is 2.59. The number of carboxylic acids is 1. The van der Waals surface area contributed by atoms with Gasteiger partial charge in [-0.05, 0) is 18.1 Å². The van der Waals surface area contributed by atoms with Crippen LogP contribution in [0.2, 0.25) is 5.02 Å². The quantitative estimate of drug-likeness (QED) is 0.706. The van der Waals surface area contributed by atoms with E-state index >= 15 is 0 Å². The Morgan fingerprint density at radius 3 is 3.00 bits per heavy atom. The van der Waals surface area contributed by atoms with E-state index in [4.69, 9.17) is 22.4 Å². The zero-order valence-corrected chi connectivity index (χ0v) is 8.66. The summed E-state index contributed by atoms with van der Waals surface area (Å²) in [6.45, 7) is 0. The average molecular weight is 227 g/mol. The molecule has 80 valence electrons. The van der Waals surface area contributed by atoms with Crippen molar-refractivity contribution in [3.63, 3.8) is 0 Å². The molecule has 0 aromatic heterocycles. The number of para-hydroxylation sites is 1. The number of nitrogens with two attached hydrogens (primary N) is 1. The average Bonchev–Trinajstić information content (AvgIpc) is 2.61. The molecule has 0 amide bonds. The first-order valence-electron chi connectivity index (χ1n) is 4.62. The Morgan fingerprint density at radius 2 is 2.40 bits per heavy atom. The minimum atomic E-state index is -1.00. The van der Waals surface area contributed by atoms with Crippen molar-refractivity contribution >= 4 is 23.3 Å². The first-order chi connectivity index (χ1) is 7.09. The molecule has 0 aliphatic carbocycles. The second-order valence-electron chi connectivity index (χ2n) is 3.59. The maximum Gasteiger partial charge on any atom is 0.322 e. The van der Waals surface area contributed by atoms with E-state index in [1.54, 1.807) is 6.07 Å². The van der Waals surface area contributed by atoms with Crippen LogP contribution in [0.5, 0.6) is 0 Å². The molecule has 1 aliphatic rings. The number of rotatable bonds is 2. The molecule has 0 fully saturated rings. The van der Waals surface area contributed by atoms with Crippen LogP contribution in [0.1, 0.15) is 5.56 Å². The zero-order valence-electron chi connectivity index (χ0n) is 7.90. The summed E-state index contributed by atoms with van der Waals surface area (Å²) in [5.41, 5.74) is 7.37. The molecule has 2 unspecified atom stereocenters. The number of halogens is 1. The van der Waals surface area contributed by atoms with Crippen molar-refractivity contribution in [1.29, 1.82) is 0 Å². The van der Waals surface area contributed by atoms with Crippen LogP contribution < -0.4 is 11.1 Å². The third-order valence-corrected chi connectivity index (χ3v) is 2.90. The molecule has 0 spiro atoms. The molecule has 1 aromatic carbocycles. The summed E-state index contributed by atoms with van der Waals surface area (Å²) in [4.78, 5) is 10.7. The monoisotopic (exact) mass is 226 g/mol. The van der Waals surface area contributed by atoms with Gasteiger partial charge in [-0.2, -0.15) is 0 Å². The summed E-state index contributed by atoms with van der Waals surface area (Å²) in [5.74, 6) is -1.00. The fraction of sp³-hybridized carbons (Fsp3) is 0.300. The van der Waals surface area contributed by atoms with Gasteiger partial charge in [-0.15, -0.1) is 0 Å². The minimum absolute atomic E-state index is 0.280. The van der Waals surface area contributed by atoms with E-state index in [1.807, 2.05) is 12.1 Å². The Kier molecular flexibility index (Phi) is 2.54. The van der Waals surface area contributed by atoms with E-state index in [0.29, 0.717) is 11.4 Å². The second-order valence-corrected chi connectivity index (χ2v) is 4.00. The van der Waals surface area contributed by atoms with Gasteiger partial charge in [-0.1, -0.05) is 23.7 Å². The van der Waals surface area contributed by atoms with Crippen LogP contribution in [-0.2, 0) is 11.2 Å². The maximum absolute atomic E-state index is 10.7. The van der Waals surface area contributed by atoms with Crippen molar-refractivity contribution < 1.29 is 9.90 Å². The van der Waals surface area contributed by atoms with Crippen LogP contribution in [0.25, 0.3) is 0 Å². The van der Waals surface area contributed by atoms with Crippen LogP contribution in [0.15, 0.2) is 18.2 Å². The van der Waals surface area contributed by atoms with Crippen LogP contribution in [-0.4, -0.2) is 23.2 Å². The minimum Gasteiger partial charge on any atom is -0.480 e. The second kappa shape index (κ2) is 3.72. The zero-order chi connectivity index (χ0) is 11.0. The molecular formula is C10H11ClN2O2. The van der Waals surface area contributed by atoms with E-state index < -0.39 is 12.0 Å². The van der Waals surface area contributed by atoms with Crippen molar-refractivity contribution in [3.05, 3.63) is 28.8 Å². The van der Waals surface area contributed by atoms with Crippen molar-refractivity contribution in [2.24, 2.45) is 5.73 Å². The predicted molar refractivity (Wildman–Crippen MR) is 58.2 cm³/mol.